The zero-order chi connectivity index (χ0) is 10.6. The van der Waals surface area contributed by atoms with E-state index < -0.39 is 0 Å². The van der Waals surface area contributed by atoms with Gasteiger partial charge in [-0.3, -0.25) is 0 Å². The third-order valence-corrected chi connectivity index (χ3v) is 3.42. The van der Waals surface area contributed by atoms with Crippen LogP contribution in [0.1, 0.15) is 39.0 Å². The van der Waals surface area contributed by atoms with Crippen LogP contribution >= 0.6 is 0 Å². The van der Waals surface area contributed by atoms with Crippen molar-refractivity contribution in [3.63, 3.8) is 0 Å². The van der Waals surface area contributed by atoms with Crippen molar-refractivity contribution in [1.82, 2.24) is 10.2 Å². The van der Waals surface area contributed by atoms with E-state index in [4.69, 9.17) is 0 Å². The summed E-state index contributed by atoms with van der Waals surface area (Å²) in [5.74, 6) is 0. The second-order valence-electron chi connectivity index (χ2n) is 4.74. The van der Waals surface area contributed by atoms with Crippen LogP contribution in [0.3, 0.4) is 0 Å². The Labute approximate surface area is 86.9 Å². The van der Waals surface area contributed by atoms with Crippen molar-refractivity contribution in [1.29, 1.82) is 0 Å². The number of carbonyl (C=O) groups excluding carboxylic acids is 1. The molecule has 2 amide bonds. The van der Waals surface area contributed by atoms with Gasteiger partial charge in [0, 0.05) is 20.6 Å². The molecule has 1 saturated carbocycles. The summed E-state index contributed by atoms with van der Waals surface area (Å²) in [5.41, 5.74) is 0.488. The molecule has 0 aromatic carbocycles. The Bertz CT molecular complexity index is 197. The molecular weight excluding hydrogens is 176 g/mol. The van der Waals surface area contributed by atoms with E-state index in [0.29, 0.717) is 5.41 Å². The fraction of sp³-hybridized carbons (Fsp3) is 0.909. The fourth-order valence-corrected chi connectivity index (χ4v) is 2.21. The quantitative estimate of drug-likeness (QED) is 0.741. The van der Waals surface area contributed by atoms with Gasteiger partial charge in [-0.25, -0.2) is 4.79 Å². The van der Waals surface area contributed by atoms with Crippen LogP contribution in [-0.2, 0) is 0 Å². The van der Waals surface area contributed by atoms with Crippen LogP contribution in [0.2, 0.25) is 0 Å². The van der Waals surface area contributed by atoms with Gasteiger partial charge in [-0.15, -0.1) is 0 Å². The minimum Gasteiger partial charge on any atom is -0.341 e. The number of amides is 2. The van der Waals surface area contributed by atoms with E-state index in [1.807, 2.05) is 7.05 Å². The van der Waals surface area contributed by atoms with Crippen LogP contribution in [0, 0.1) is 5.41 Å². The second kappa shape index (κ2) is 4.67. The minimum atomic E-state index is 0.0200. The zero-order valence-corrected chi connectivity index (χ0v) is 9.60. The van der Waals surface area contributed by atoms with Crippen molar-refractivity contribution in [3.05, 3.63) is 0 Å². The van der Waals surface area contributed by atoms with Crippen LogP contribution in [0.15, 0.2) is 0 Å². The molecule has 14 heavy (non-hydrogen) atoms. The molecule has 0 aliphatic heterocycles. The molecule has 1 fully saturated rings. The Morgan fingerprint density at radius 3 is 2.50 bits per heavy atom. The molecular formula is C11H22N2O. The molecule has 3 heteroatoms. The highest BCUT2D eigenvalue weighted by molar-refractivity contribution is 5.73. The predicted octanol–water partition coefficient (Wildman–Crippen LogP) is 2.23. The van der Waals surface area contributed by atoms with Gasteiger partial charge in [0.05, 0.1) is 0 Å². The third-order valence-electron chi connectivity index (χ3n) is 3.42. The molecule has 1 rings (SSSR count). The molecule has 3 nitrogen and oxygen atoms in total. The first-order valence-corrected chi connectivity index (χ1v) is 5.50. The average molecular weight is 198 g/mol. The molecule has 0 aromatic rings. The van der Waals surface area contributed by atoms with Gasteiger partial charge in [0.15, 0.2) is 0 Å². The highest BCUT2D eigenvalue weighted by Gasteiger charge is 2.28. The highest BCUT2D eigenvalue weighted by Crippen LogP contribution is 2.40. The Morgan fingerprint density at radius 2 is 2.00 bits per heavy atom. The van der Waals surface area contributed by atoms with E-state index in [0.717, 1.165) is 13.0 Å². The van der Waals surface area contributed by atoms with Crippen LogP contribution < -0.4 is 5.32 Å². The first kappa shape index (κ1) is 11.3. The topological polar surface area (TPSA) is 32.3 Å². The third kappa shape index (κ3) is 2.89. The van der Waals surface area contributed by atoms with Gasteiger partial charge in [0.25, 0.3) is 0 Å². The molecule has 1 N–H and O–H groups in total. The van der Waals surface area contributed by atoms with Gasteiger partial charge in [-0.05, 0) is 24.7 Å². The lowest BCUT2D eigenvalue weighted by molar-refractivity contribution is 0.198. The smallest absolute Gasteiger partial charge is 0.316 e. The minimum absolute atomic E-state index is 0.0200. The number of hydrogen-bond acceptors (Lipinski definition) is 1. The van der Waals surface area contributed by atoms with E-state index in [1.165, 1.54) is 25.7 Å². The maximum absolute atomic E-state index is 11.2. The normalized spacial score (nSPS) is 19.4. The monoisotopic (exact) mass is 198 g/mol. The Hall–Kier alpha value is -0.730. The van der Waals surface area contributed by atoms with Gasteiger partial charge in [-0.1, -0.05) is 19.8 Å². The molecule has 0 bridgehead atoms. The van der Waals surface area contributed by atoms with Gasteiger partial charge >= 0.3 is 6.03 Å². The molecule has 1 aliphatic rings. The molecule has 0 saturated heterocycles. The molecule has 0 heterocycles. The lowest BCUT2D eigenvalue weighted by atomic mass is 9.85. The molecule has 0 atom stereocenters. The van der Waals surface area contributed by atoms with Crippen LogP contribution in [-0.4, -0.2) is 31.6 Å². The summed E-state index contributed by atoms with van der Waals surface area (Å²) in [5, 5.41) is 2.64. The second-order valence-corrected chi connectivity index (χ2v) is 4.74. The number of hydrogen-bond donors (Lipinski definition) is 1. The molecule has 0 radical (unpaired) electrons. The largest absolute Gasteiger partial charge is 0.341 e. The van der Waals surface area contributed by atoms with Crippen molar-refractivity contribution in [2.24, 2.45) is 5.41 Å². The fourth-order valence-electron chi connectivity index (χ4n) is 2.21. The van der Waals surface area contributed by atoms with E-state index in [9.17, 15) is 4.79 Å². The Morgan fingerprint density at radius 1 is 1.43 bits per heavy atom. The van der Waals surface area contributed by atoms with Crippen molar-refractivity contribution >= 4 is 6.03 Å². The summed E-state index contributed by atoms with van der Waals surface area (Å²) in [6.07, 6.45) is 6.51. The van der Waals surface area contributed by atoms with Gasteiger partial charge in [0.1, 0.15) is 0 Å². The number of rotatable bonds is 3. The number of carbonyl (C=O) groups is 1. The summed E-state index contributed by atoms with van der Waals surface area (Å²) in [4.78, 5) is 13.0. The molecule has 0 aromatic heterocycles. The van der Waals surface area contributed by atoms with E-state index in [1.54, 1.807) is 11.9 Å². The van der Waals surface area contributed by atoms with Crippen LogP contribution in [0.5, 0.6) is 0 Å². The molecule has 82 valence electrons. The maximum atomic E-state index is 11.2. The van der Waals surface area contributed by atoms with E-state index in [-0.39, 0.29) is 6.03 Å². The van der Waals surface area contributed by atoms with Crippen molar-refractivity contribution in [2.75, 3.05) is 20.6 Å². The SMILES string of the molecule is CNC(=O)N(C)CCC1(C)CCCC1. The van der Waals surface area contributed by atoms with E-state index in [2.05, 4.69) is 12.2 Å². The molecule has 1 aliphatic carbocycles. The summed E-state index contributed by atoms with van der Waals surface area (Å²) < 4.78 is 0. The standard InChI is InChI=1S/C11H22N2O/c1-11(6-4-5-7-11)8-9-13(3)10(14)12-2/h4-9H2,1-3H3,(H,12,14). The summed E-state index contributed by atoms with van der Waals surface area (Å²) in [7, 11) is 3.53. The molecule has 0 spiro atoms. The van der Waals surface area contributed by atoms with E-state index >= 15 is 0 Å². The van der Waals surface area contributed by atoms with Gasteiger partial charge < -0.3 is 10.2 Å². The van der Waals surface area contributed by atoms with Crippen molar-refractivity contribution < 1.29 is 4.79 Å². The van der Waals surface area contributed by atoms with Gasteiger partial charge in [-0.2, -0.15) is 0 Å². The number of nitrogens with zero attached hydrogens (tertiary/aromatic N) is 1. The first-order chi connectivity index (χ1) is 6.57. The highest BCUT2D eigenvalue weighted by atomic mass is 16.2. The lowest BCUT2D eigenvalue weighted by Crippen LogP contribution is -2.36. The lowest BCUT2D eigenvalue weighted by Gasteiger charge is -2.26. The first-order valence-electron chi connectivity index (χ1n) is 5.50. The van der Waals surface area contributed by atoms with Crippen molar-refractivity contribution in [2.45, 2.75) is 39.0 Å². The number of nitrogens with one attached hydrogen (secondary N) is 1. The summed E-state index contributed by atoms with van der Waals surface area (Å²) >= 11 is 0. The Balaban J connectivity index is 2.28. The van der Waals surface area contributed by atoms with Gasteiger partial charge in [0.2, 0.25) is 0 Å². The average Bonchev–Trinajstić information content (AvgIpc) is 2.61. The Kier molecular flexibility index (Phi) is 3.78. The summed E-state index contributed by atoms with van der Waals surface area (Å²) in [6.45, 7) is 3.22. The predicted molar refractivity (Wildman–Crippen MR) is 58.3 cm³/mol. The van der Waals surface area contributed by atoms with Crippen LogP contribution in [0.25, 0.3) is 0 Å². The number of urea groups is 1. The van der Waals surface area contributed by atoms with Crippen molar-refractivity contribution in [3.8, 4) is 0 Å². The van der Waals surface area contributed by atoms with Crippen LogP contribution in [0.4, 0.5) is 4.79 Å². The zero-order valence-electron chi connectivity index (χ0n) is 9.60. The summed E-state index contributed by atoms with van der Waals surface area (Å²) in [6, 6.07) is 0.0200. The molecule has 0 unspecified atom stereocenters. The maximum Gasteiger partial charge on any atom is 0.316 e.